The highest BCUT2D eigenvalue weighted by molar-refractivity contribution is 7.98. The van der Waals surface area contributed by atoms with E-state index in [9.17, 15) is 10.1 Å². The van der Waals surface area contributed by atoms with Crippen LogP contribution in [0.3, 0.4) is 0 Å². The van der Waals surface area contributed by atoms with E-state index in [1.54, 1.807) is 28.9 Å². The zero-order valence-electron chi connectivity index (χ0n) is 34.5. The van der Waals surface area contributed by atoms with Gasteiger partial charge >= 0.3 is 0 Å². The van der Waals surface area contributed by atoms with Gasteiger partial charge in [0.1, 0.15) is 29.5 Å². The normalized spacial score (nSPS) is 19.8. The second kappa shape index (κ2) is 16.1. The van der Waals surface area contributed by atoms with Crippen LogP contribution in [0.15, 0.2) is 48.7 Å². The van der Waals surface area contributed by atoms with Crippen molar-refractivity contribution in [2.24, 2.45) is 12.5 Å². The molecule has 16 heteroatoms. The van der Waals surface area contributed by atoms with E-state index in [0.717, 1.165) is 87.7 Å². The molecule has 5 heterocycles. The second-order valence-electron chi connectivity index (χ2n) is 17.1. The lowest BCUT2D eigenvalue weighted by molar-refractivity contribution is -0.107. The van der Waals surface area contributed by atoms with Crippen LogP contribution in [0.25, 0.3) is 21.9 Å². The number of carbonyl (C=O) groups is 1. The summed E-state index contributed by atoms with van der Waals surface area (Å²) in [6, 6.07) is 14.2. The molecule has 314 valence electrons. The zero-order valence-corrected chi connectivity index (χ0v) is 35.3. The molecule has 4 aliphatic rings. The molecule has 0 radical (unpaired) electrons. The molecule has 9 rings (SSSR count). The number of ether oxygens (including phenoxy) is 2. The number of likely N-dealkylation sites (tertiary alicyclic amines) is 1. The van der Waals surface area contributed by atoms with E-state index in [1.165, 1.54) is 24.3 Å². The first-order valence-electron chi connectivity index (χ1n) is 20.7. The van der Waals surface area contributed by atoms with Crippen molar-refractivity contribution >= 4 is 57.5 Å². The number of fused-ring (bicyclic) bond motifs is 2. The van der Waals surface area contributed by atoms with Gasteiger partial charge in [-0.1, -0.05) is 6.92 Å². The molecule has 1 N–H and O–H groups in total. The van der Waals surface area contributed by atoms with E-state index < -0.39 is 5.82 Å². The summed E-state index contributed by atoms with van der Waals surface area (Å²) >= 11 is 1.32. The number of nitrogens with zero attached hydrogens (tertiary/aromatic N) is 9. The summed E-state index contributed by atoms with van der Waals surface area (Å²) in [5.41, 5.74) is 4.30. The first kappa shape index (κ1) is 40.3. The van der Waals surface area contributed by atoms with Gasteiger partial charge in [0.05, 0.1) is 45.8 Å². The van der Waals surface area contributed by atoms with Crippen molar-refractivity contribution in [1.29, 1.82) is 5.26 Å². The van der Waals surface area contributed by atoms with Gasteiger partial charge in [-0.25, -0.2) is 18.1 Å². The van der Waals surface area contributed by atoms with Gasteiger partial charge in [-0.15, -0.1) is 0 Å². The van der Waals surface area contributed by atoms with E-state index >= 15 is 8.78 Å². The molecule has 2 aromatic heterocycles. The van der Waals surface area contributed by atoms with E-state index in [4.69, 9.17) is 19.4 Å². The van der Waals surface area contributed by atoms with Gasteiger partial charge in [0.25, 0.3) is 0 Å². The maximum Gasteiger partial charge on any atom is 0.182 e. The van der Waals surface area contributed by atoms with Crippen LogP contribution >= 0.6 is 12.1 Å². The number of rotatable bonds is 13. The summed E-state index contributed by atoms with van der Waals surface area (Å²) in [6.45, 7) is 7.60. The Morgan fingerprint density at radius 2 is 1.88 bits per heavy atom. The topological polar surface area (TPSA) is 128 Å². The highest BCUT2D eigenvalue weighted by Crippen LogP contribution is 2.53. The van der Waals surface area contributed by atoms with E-state index in [-0.39, 0.29) is 34.1 Å². The Morgan fingerprint density at radius 3 is 2.63 bits per heavy atom. The van der Waals surface area contributed by atoms with E-state index in [1.807, 2.05) is 49.5 Å². The summed E-state index contributed by atoms with van der Waals surface area (Å²) in [7, 11) is 5.67. The Balaban J connectivity index is 0.791. The van der Waals surface area contributed by atoms with Crippen molar-refractivity contribution in [3.63, 3.8) is 0 Å². The molecule has 4 fully saturated rings. The van der Waals surface area contributed by atoms with Gasteiger partial charge in [0, 0.05) is 107 Å². The van der Waals surface area contributed by atoms with Crippen molar-refractivity contribution in [3.05, 3.63) is 71.6 Å². The number of carbonyl (C=O) groups excluding carboxylic acids is 1. The second-order valence-corrected chi connectivity index (χ2v) is 18.1. The fraction of sp³-hybridized carbons (Fsp3) is 0.477. The molecule has 60 heavy (non-hydrogen) atoms. The average Bonchev–Trinajstić information content (AvgIpc) is 3.79. The molecular formula is C44H50F2N10O3S. The lowest BCUT2D eigenvalue weighted by Crippen LogP contribution is -2.67. The molecule has 1 saturated carbocycles. The van der Waals surface area contributed by atoms with Crippen molar-refractivity contribution < 1.29 is 23.0 Å². The monoisotopic (exact) mass is 836 g/mol. The quantitative estimate of drug-likeness (QED) is 0.0935. The van der Waals surface area contributed by atoms with Crippen LogP contribution in [0.2, 0.25) is 0 Å². The molecule has 3 aliphatic heterocycles. The van der Waals surface area contributed by atoms with Gasteiger partial charge in [0.2, 0.25) is 0 Å². The standard InChI is InChI=1S/C44H50F2N10O3S/c1-5-53(3)60-51-35-10-8-33(45)41(32(35)23-47)59-30-7-9-36-37(17-30)49-38(24-48-36)28-20-44(58-25-28)11-14-55(15-12-44)29-21-43(22-29)26-56(27-43)40-19-39-31(18-34(40)46)42(50-54(39)4)52(2)13-6-16-57/h7-10,16-19,24,28-29,51H,5-6,11-15,20-22,25-27H2,1-4H3. The number of anilines is 3. The number of hydrogen-bond acceptors (Lipinski definition) is 13. The number of piperidine rings is 1. The third-order valence-corrected chi connectivity index (χ3v) is 14.0. The van der Waals surface area contributed by atoms with Crippen molar-refractivity contribution in [2.75, 3.05) is 74.5 Å². The van der Waals surface area contributed by atoms with Crippen LogP contribution in [0.4, 0.5) is 26.0 Å². The Bertz CT molecular complexity index is 2470. The van der Waals surface area contributed by atoms with Crippen LogP contribution in [0.5, 0.6) is 11.5 Å². The number of aldehydes is 1. The van der Waals surface area contributed by atoms with Crippen LogP contribution in [-0.2, 0) is 16.6 Å². The highest BCUT2D eigenvalue weighted by atomic mass is 32.2. The molecule has 5 aromatic rings. The van der Waals surface area contributed by atoms with Gasteiger partial charge in [-0.2, -0.15) is 10.4 Å². The minimum Gasteiger partial charge on any atom is -0.453 e. The van der Waals surface area contributed by atoms with Gasteiger partial charge in [-0.05, 0) is 75.5 Å². The highest BCUT2D eigenvalue weighted by Gasteiger charge is 2.55. The van der Waals surface area contributed by atoms with Crippen molar-refractivity contribution in [2.45, 2.75) is 63.0 Å². The van der Waals surface area contributed by atoms with Crippen LogP contribution in [0, 0.1) is 28.4 Å². The number of nitrogens with one attached hydrogen (secondary N) is 1. The summed E-state index contributed by atoms with van der Waals surface area (Å²) in [5.74, 6) is 0.152. The number of hydrogen-bond donors (Lipinski definition) is 1. The van der Waals surface area contributed by atoms with Crippen molar-refractivity contribution in [1.82, 2.24) is 29.0 Å². The fourth-order valence-corrected chi connectivity index (χ4v) is 10.2. The lowest BCUT2D eigenvalue weighted by atomic mass is 9.59. The number of aromatic nitrogens is 4. The molecule has 3 aromatic carbocycles. The molecule has 1 aliphatic carbocycles. The summed E-state index contributed by atoms with van der Waals surface area (Å²) < 4.78 is 50.1. The smallest absolute Gasteiger partial charge is 0.182 e. The summed E-state index contributed by atoms with van der Waals surface area (Å²) in [6.07, 6.45) is 8.18. The van der Waals surface area contributed by atoms with Gasteiger partial charge in [-0.3, -0.25) is 9.67 Å². The molecule has 13 nitrogen and oxygen atoms in total. The van der Waals surface area contributed by atoms with Crippen LogP contribution < -0.4 is 19.3 Å². The third kappa shape index (κ3) is 7.50. The lowest BCUT2D eigenvalue weighted by Gasteiger charge is -2.62. The predicted molar refractivity (Wildman–Crippen MR) is 229 cm³/mol. The largest absolute Gasteiger partial charge is 0.453 e. The number of benzene rings is 3. The van der Waals surface area contributed by atoms with Gasteiger partial charge in [0.15, 0.2) is 17.4 Å². The Kier molecular flexibility index (Phi) is 10.8. The SMILES string of the molecule is CCN(C)SNc1ccc(F)c(Oc2ccc3ncc(C4COC5(CCN(C6CC7(C6)CN(c6cc8c(cc6F)c(N(C)CCC=O)nn8C)C7)CC5)C4)nc3c2)c1C#N. The van der Waals surface area contributed by atoms with Gasteiger partial charge < -0.3 is 33.7 Å². The van der Waals surface area contributed by atoms with Crippen LogP contribution in [0.1, 0.15) is 62.6 Å². The molecule has 1 atom stereocenters. The maximum atomic E-state index is 15.6. The van der Waals surface area contributed by atoms with E-state index in [2.05, 4.69) is 25.7 Å². The minimum absolute atomic E-state index is 0.0809. The number of aryl methyl sites for hydroxylation is 1. The Hall–Kier alpha value is -5.08. The Labute approximate surface area is 352 Å². The molecule has 2 spiro atoms. The first-order valence-corrected chi connectivity index (χ1v) is 21.5. The molecule has 1 unspecified atom stereocenters. The van der Waals surface area contributed by atoms with Crippen LogP contribution in [-0.4, -0.2) is 107 Å². The average molecular weight is 837 g/mol. The first-order chi connectivity index (χ1) is 29.0. The number of halogens is 2. The molecule has 3 saturated heterocycles. The molecular weight excluding hydrogens is 787 g/mol. The molecule has 0 bridgehead atoms. The fourth-order valence-electron chi connectivity index (χ4n) is 9.62. The summed E-state index contributed by atoms with van der Waals surface area (Å²) in [5, 5.41) is 15.3. The zero-order chi connectivity index (χ0) is 41.8. The maximum absolute atomic E-state index is 15.6. The summed E-state index contributed by atoms with van der Waals surface area (Å²) in [4.78, 5) is 27.3. The molecule has 0 amide bonds. The van der Waals surface area contributed by atoms with E-state index in [0.29, 0.717) is 59.6 Å². The minimum atomic E-state index is -0.628. The number of nitriles is 1. The predicted octanol–water partition coefficient (Wildman–Crippen LogP) is 7.42. The van der Waals surface area contributed by atoms with Crippen molar-refractivity contribution in [3.8, 4) is 17.6 Å². The Morgan fingerprint density at radius 1 is 1.08 bits per heavy atom. The third-order valence-electron chi connectivity index (χ3n) is 13.2.